The van der Waals surface area contributed by atoms with Crippen LogP contribution in [0.1, 0.15) is 33.1 Å². The molecule has 0 aromatic heterocycles. The van der Waals surface area contributed by atoms with Gasteiger partial charge in [0.15, 0.2) is 0 Å². The Hall–Kier alpha value is -0.120. The van der Waals surface area contributed by atoms with Gasteiger partial charge in [0.1, 0.15) is 0 Å². The molecule has 100 valence electrons. The van der Waals surface area contributed by atoms with E-state index in [4.69, 9.17) is 0 Å². The summed E-state index contributed by atoms with van der Waals surface area (Å²) in [6, 6.07) is 1.62. The summed E-state index contributed by atoms with van der Waals surface area (Å²) >= 11 is 0. The summed E-state index contributed by atoms with van der Waals surface area (Å²) in [6.07, 6.45) is 4.08. The molecule has 2 rings (SSSR count). The lowest BCUT2D eigenvalue weighted by Crippen LogP contribution is -2.57. The average molecular weight is 239 g/mol. The van der Waals surface area contributed by atoms with Gasteiger partial charge in [-0.3, -0.25) is 4.90 Å². The molecule has 2 fully saturated rings. The summed E-state index contributed by atoms with van der Waals surface area (Å²) < 4.78 is 0. The first kappa shape index (κ1) is 13.3. The van der Waals surface area contributed by atoms with Crippen molar-refractivity contribution in [2.45, 2.75) is 45.2 Å². The second kappa shape index (κ2) is 6.17. The van der Waals surface area contributed by atoms with Crippen molar-refractivity contribution in [3.05, 3.63) is 0 Å². The molecule has 0 aromatic carbocycles. The van der Waals surface area contributed by atoms with Crippen LogP contribution < -0.4 is 5.32 Å². The summed E-state index contributed by atoms with van der Waals surface area (Å²) in [5.74, 6) is 0.814. The van der Waals surface area contributed by atoms with E-state index in [-0.39, 0.29) is 0 Å². The molecule has 2 aliphatic heterocycles. The fourth-order valence-corrected chi connectivity index (χ4v) is 3.35. The molecule has 2 heterocycles. The highest BCUT2D eigenvalue weighted by atomic mass is 15.3. The number of rotatable bonds is 3. The van der Waals surface area contributed by atoms with Crippen LogP contribution in [-0.2, 0) is 0 Å². The number of hydrogen-bond donors (Lipinski definition) is 1. The third-order valence-electron chi connectivity index (χ3n) is 4.30. The zero-order chi connectivity index (χ0) is 12.3. The first-order chi connectivity index (χ1) is 8.16. The van der Waals surface area contributed by atoms with Gasteiger partial charge in [-0.1, -0.05) is 13.8 Å². The monoisotopic (exact) mass is 239 g/mol. The molecular formula is C14H29N3. The maximum atomic E-state index is 3.57. The highest BCUT2D eigenvalue weighted by Crippen LogP contribution is 2.22. The Morgan fingerprint density at radius 2 is 1.88 bits per heavy atom. The molecule has 1 N–H and O–H groups in total. The zero-order valence-electron chi connectivity index (χ0n) is 11.8. The Balaban J connectivity index is 1.91. The minimum atomic E-state index is 0.775. The minimum absolute atomic E-state index is 0.775. The van der Waals surface area contributed by atoms with Crippen molar-refractivity contribution in [1.82, 2.24) is 15.1 Å². The van der Waals surface area contributed by atoms with Gasteiger partial charge in [-0.25, -0.2) is 0 Å². The first-order valence-corrected chi connectivity index (χ1v) is 7.32. The molecule has 0 radical (unpaired) electrons. The van der Waals surface area contributed by atoms with Crippen molar-refractivity contribution < 1.29 is 0 Å². The normalized spacial score (nSPS) is 30.0. The number of nitrogens with zero attached hydrogens (tertiary/aromatic N) is 2. The van der Waals surface area contributed by atoms with Gasteiger partial charge < -0.3 is 10.2 Å². The summed E-state index contributed by atoms with van der Waals surface area (Å²) in [5, 5.41) is 3.57. The molecule has 2 aliphatic rings. The van der Waals surface area contributed by atoms with Crippen molar-refractivity contribution >= 4 is 0 Å². The van der Waals surface area contributed by atoms with Gasteiger partial charge in [-0.15, -0.1) is 0 Å². The molecule has 17 heavy (non-hydrogen) atoms. The van der Waals surface area contributed by atoms with E-state index in [0.29, 0.717) is 0 Å². The topological polar surface area (TPSA) is 18.5 Å². The molecule has 1 unspecified atom stereocenters. The van der Waals surface area contributed by atoms with Crippen LogP contribution in [0.3, 0.4) is 0 Å². The van der Waals surface area contributed by atoms with Crippen LogP contribution in [0, 0.1) is 5.92 Å². The van der Waals surface area contributed by atoms with E-state index < -0.39 is 0 Å². The molecule has 0 amide bonds. The SMILES string of the molecule is CC(C)CC1CNCCN1C1CCN(C)CC1. The van der Waals surface area contributed by atoms with Gasteiger partial charge in [-0.05, 0) is 45.3 Å². The van der Waals surface area contributed by atoms with Crippen molar-refractivity contribution in [3.63, 3.8) is 0 Å². The predicted octanol–water partition coefficient (Wildman–Crippen LogP) is 1.40. The number of piperidine rings is 1. The molecule has 1 atom stereocenters. The number of nitrogens with one attached hydrogen (secondary N) is 1. The molecule has 3 heteroatoms. The number of piperazine rings is 1. The van der Waals surface area contributed by atoms with Gasteiger partial charge in [0.05, 0.1) is 0 Å². The van der Waals surface area contributed by atoms with E-state index in [0.717, 1.165) is 18.0 Å². The third kappa shape index (κ3) is 3.67. The Kier molecular flexibility index (Phi) is 4.83. The maximum absolute atomic E-state index is 3.57. The Morgan fingerprint density at radius 1 is 1.18 bits per heavy atom. The highest BCUT2D eigenvalue weighted by Gasteiger charge is 2.30. The molecule has 2 saturated heterocycles. The lowest BCUT2D eigenvalue weighted by atomic mass is 9.95. The lowest BCUT2D eigenvalue weighted by molar-refractivity contribution is 0.0551. The van der Waals surface area contributed by atoms with Crippen molar-refractivity contribution in [2.24, 2.45) is 5.92 Å². The first-order valence-electron chi connectivity index (χ1n) is 7.32. The largest absolute Gasteiger partial charge is 0.314 e. The standard InChI is InChI=1S/C14H29N3/c1-12(2)10-14-11-15-6-9-17(14)13-4-7-16(3)8-5-13/h12-15H,4-11H2,1-3H3. The molecule has 3 nitrogen and oxygen atoms in total. The van der Waals surface area contributed by atoms with E-state index in [2.05, 4.69) is 36.0 Å². The number of likely N-dealkylation sites (tertiary alicyclic amines) is 1. The molecular weight excluding hydrogens is 210 g/mol. The molecule has 0 bridgehead atoms. The third-order valence-corrected chi connectivity index (χ3v) is 4.30. The van der Waals surface area contributed by atoms with Crippen LogP contribution in [0.4, 0.5) is 0 Å². The second-order valence-corrected chi connectivity index (χ2v) is 6.26. The van der Waals surface area contributed by atoms with Crippen molar-refractivity contribution in [2.75, 3.05) is 39.8 Å². The van der Waals surface area contributed by atoms with Crippen LogP contribution in [0.5, 0.6) is 0 Å². The summed E-state index contributed by atoms with van der Waals surface area (Å²) in [6.45, 7) is 10.9. The summed E-state index contributed by atoms with van der Waals surface area (Å²) in [5.41, 5.74) is 0. The Bertz CT molecular complexity index is 222. The highest BCUT2D eigenvalue weighted by molar-refractivity contribution is 4.88. The maximum Gasteiger partial charge on any atom is 0.0226 e. The Labute approximate surface area is 107 Å². The van der Waals surface area contributed by atoms with E-state index in [1.165, 1.54) is 52.0 Å². The summed E-state index contributed by atoms with van der Waals surface area (Å²) in [7, 11) is 2.25. The smallest absolute Gasteiger partial charge is 0.0226 e. The Morgan fingerprint density at radius 3 is 2.53 bits per heavy atom. The van der Waals surface area contributed by atoms with Gasteiger partial charge in [0.2, 0.25) is 0 Å². The molecule has 0 aromatic rings. The van der Waals surface area contributed by atoms with Crippen molar-refractivity contribution in [1.29, 1.82) is 0 Å². The fourth-order valence-electron chi connectivity index (χ4n) is 3.35. The summed E-state index contributed by atoms with van der Waals surface area (Å²) in [4.78, 5) is 5.28. The predicted molar refractivity (Wildman–Crippen MR) is 73.3 cm³/mol. The van der Waals surface area contributed by atoms with Crippen LogP contribution in [0.2, 0.25) is 0 Å². The van der Waals surface area contributed by atoms with Crippen LogP contribution >= 0.6 is 0 Å². The lowest BCUT2D eigenvalue weighted by Gasteiger charge is -2.45. The van der Waals surface area contributed by atoms with E-state index in [9.17, 15) is 0 Å². The quantitative estimate of drug-likeness (QED) is 0.803. The van der Waals surface area contributed by atoms with Gasteiger partial charge in [0.25, 0.3) is 0 Å². The second-order valence-electron chi connectivity index (χ2n) is 6.26. The van der Waals surface area contributed by atoms with Gasteiger partial charge in [-0.2, -0.15) is 0 Å². The van der Waals surface area contributed by atoms with Gasteiger partial charge >= 0.3 is 0 Å². The fraction of sp³-hybridized carbons (Fsp3) is 1.00. The average Bonchev–Trinajstić information content (AvgIpc) is 2.30. The van der Waals surface area contributed by atoms with Crippen LogP contribution in [0.15, 0.2) is 0 Å². The molecule has 0 aliphatic carbocycles. The van der Waals surface area contributed by atoms with Crippen LogP contribution in [-0.4, -0.2) is 61.7 Å². The number of hydrogen-bond acceptors (Lipinski definition) is 3. The molecule has 0 spiro atoms. The van der Waals surface area contributed by atoms with E-state index in [1.54, 1.807) is 0 Å². The van der Waals surface area contributed by atoms with Crippen molar-refractivity contribution in [3.8, 4) is 0 Å². The molecule has 0 saturated carbocycles. The van der Waals surface area contributed by atoms with E-state index >= 15 is 0 Å². The van der Waals surface area contributed by atoms with E-state index in [1.807, 2.05) is 0 Å². The van der Waals surface area contributed by atoms with Crippen LogP contribution in [0.25, 0.3) is 0 Å². The zero-order valence-corrected chi connectivity index (χ0v) is 11.8. The van der Waals surface area contributed by atoms with Gasteiger partial charge in [0, 0.05) is 31.7 Å². The minimum Gasteiger partial charge on any atom is -0.314 e.